The van der Waals surface area contributed by atoms with Crippen molar-refractivity contribution in [2.24, 2.45) is 7.05 Å². The number of benzene rings is 1. The summed E-state index contributed by atoms with van der Waals surface area (Å²) in [7, 11) is 1.90. The number of hydrogen-bond donors (Lipinski definition) is 2. The third kappa shape index (κ3) is 4.58. The van der Waals surface area contributed by atoms with Gasteiger partial charge in [-0.25, -0.2) is 0 Å². The molecule has 0 aliphatic heterocycles. The minimum Gasteiger partial charge on any atom is -0.491 e. The predicted octanol–water partition coefficient (Wildman–Crippen LogP) is 1.57. The number of hydrogen-bond acceptors (Lipinski definition) is 4. The molecule has 0 fully saturated rings. The van der Waals surface area contributed by atoms with Crippen LogP contribution in [0.25, 0.3) is 0 Å². The molecule has 0 amide bonds. The fourth-order valence-corrected chi connectivity index (χ4v) is 2.15. The summed E-state index contributed by atoms with van der Waals surface area (Å²) in [5.74, 6) is 0.825. The standard InChI is InChI=1S/C16H23N3O2/c1-12-4-5-16(13(2)8-12)21-11-15(20)10-17-9-14-6-7-18-19(14)3/h4-8,15,17,20H,9-11H2,1-3H3. The highest BCUT2D eigenvalue weighted by Crippen LogP contribution is 2.18. The lowest BCUT2D eigenvalue weighted by Crippen LogP contribution is -2.31. The van der Waals surface area contributed by atoms with Crippen LogP contribution in [0.4, 0.5) is 0 Å². The SMILES string of the molecule is Cc1ccc(OCC(O)CNCc2ccnn2C)c(C)c1. The summed E-state index contributed by atoms with van der Waals surface area (Å²) in [5, 5.41) is 17.2. The third-order valence-electron chi connectivity index (χ3n) is 3.37. The first-order chi connectivity index (χ1) is 10.1. The molecule has 0 saturated heterocycles. The van der Waals surface area contributed by atoms with Crippen molar-refractivity contribution in [1.29, 1.82) is 0 Å². The van der Waals surface area contributed by atoms with Gasteiger partial charge in [0.25, 0.3) is 0 Å². The Bertz CT molecular complexity index is 581. The summed E-state index contributed by atoms with van der Waals surface area (Å²) in [6.07, 6.45) is 1.22. The largest absolute Gasteiger partial charge is 0.491 e. The van der Waals surface area contributed by atoms with Crippen LogP contribution in [0, 0.1) is 13.8 Å². The van der Waals surface area contributed by atoms with E-state index in [9.17, 15) is 5.11 Å². The van der Waals surface area contributed by atoms with Crippen LogP contribution in [0.15, 0.2) is 30.5 Å². The zero-order valence-corrected chi connectivity index (χ0v) is 12.8. The Kier molecular flexibility index (Phi) is 5.36. The maximum atomic E-state index is 9.94. The van der Waals surface area contributed by atoms with Gasteiger partial charge in [0.05, 0.1) is 5.69 Å². The van der Waals surface area contributed by atoms with Crippen molar-refractivity contribution in [2.45, 2.75) is 26.5 Å². The second-order valence-electron chi connectivity index (χ2n) is 5.31. The Morgan fingerprint density at radius 1 is 1.33 bits per heavy atom. The van der Waals surface area contributed by atoms with E-state index in [0.717, 1.165) is 17.0 Å². The zero-order valence-electron chi connectivity index (χ0n) is 12.8. The molecule has 1 unspecified atom stereocenters. The van der Waals surface area contributed by atoms with E-state index in [1.54, 1.807) is 6.20 Å². The number of aryl methyl sites for hydroxylation is 3. The van der Waals surface area contributed by atoms with Crippen molar-refractivity contribution in [1.82, 2.24) is 15.1 Å². The van der Waals surface area contributed by atoms with Crippen LogP contribution in [0.3, 0.4) is 0 Å². The molecule has 1 heterocycles. The third-order valence-corrected chi connectivity index (χ3v) is 3.37. The van der Waals surface area contributed by atoms with Gasteiger partial charge in [0.2, 0.25) is 0 Å². The summed E-state index contributed by atoms with van der Waals surface area (Å²) in [6.45, 7) is 5.50. The normalized spacial score (nSPS) is 12.4. The molecule has 1 atom stereocenters. The highest BCUT2D eigenvalue weighted by atomic mass is 16.5. The molecule has 21 heavy (non-hydrogen) atoms. The van der Waals surface area contributed by atoms with Crippen molar-refractivity contribution in [3.05, 3.63) is 47.3 Å². The van der Waals surface area contributed by atoms with Gasteiger partial charge in [0.15, 0.2) is 0 Å². The molecule has 2 rings (SSSR count). The summed E-state index contributed by atoms with van der Waals surface area (Å²) < 4.78 is 7.47. The van der Waals surface area contributed by atoms with Crippen molar-refractivity contribution in [3.8, 4) is 5.75 Å². The van der Waals surface area contributed by atoms with Gasteiger partial charge in [-0.05, 0) is 31.5 Å². The van der Waals surface area contributed by atoms with Gasteiger partial charge in [0, 0.05) is 26.3 Å². The Morgan fingerprint density at radius 2 is 2.14 bits per heavy atom. The van der Waals surface area contributed by atoms with Crippen molar-refractivity contribution >= 4 is 0 Å². The fraction of sp³-hybridized carbons (Fsp3) is 0.438. The van der Waals surface area contributed by atoms with Crippen LogP contribution in [0.2, 0.25) is 0 Å². The molecule has 0 aliphatic carbocycles. The molecule has 0 radical (unpaired) electrons. The quantitative estimate of drug-likeness (QED) is 0.812. The summed E-state index contributed by atoms with van der Waals surface area (Å²) in [4.78, 5) is 0. The average molecular weight is 289 g/mol. The molecule has 114 valence electrons. The second kappa shape index (κ2) is 7.24. The lowest BCUT2D eigenvalue weighted by molar-refractivity contribution is 0.105. The van der Waals surface area contributed by atoms with E-state index in [2.05, 4.69) is 16.5 Å². The summed E-state index contributed by atoms with van der Waals surface area (Å²) in [5.41, 5.74) is 3.38. The molecule has 0 aliphatic rings. The number of nitrogens with zero attached hydrogens (tertiary/aromatic N) is 2. The van der Waals surface area contributed by atoms with Crippen LogP contribution < -0.4 is 10.1 Å². The molecule has 0 saturated carbocycles. The van der Waals surface area contributed by atoms with E-state index in [0.29, 0.717) is 13.1 Å². The van der Waals surface area contributed by atoms with E-state index in [1.165, 1.54) is 5.56 Å². The Balaban J connectivity index is 1.72. The Morgan fingerprint density at radius 3 is 2.81 bits per heavy atom. The highest BCUT2D eigenvalue weighted by molar-refractivity contribution is 5.35. The Labute approximate surface area is 125 Å². The lowest BCUT2D eigenvalue weighted by Gasteiger charge is -2.15. The van der Waals surface area contributed by atoms with Gasteiger partial charge < -0.3 is 15.2 Å². The van der Waals surface area contributed by atoms with Crippen LogP contribution in [0.1, 0.15) is 16.8 Å². The zero-order chi connectivity index (χ0) is 15.2. The van der Waals surface area contributed by atoms with Gasteiger partial charge in [-0.2, -0.15) is 5.10 Å². The van der Waals surface area contributed by atoms with Crippen LogP contribution >= 0.6 is 0 Å². The number of aliphatic hydroxyl groups excluding tert-OH is 1. The van der Waals surface area contributed by atoms with Crippen molar-refractivity contribution in [3.63, 3.8) is 0 Å². The van der Waals surface area contributed by atoms with E-state index >= 15 is 0 Å². The van der Waals surface area contributed by atoms with Gasteiger partial charge >= 0.3 is 0 Å². The first-order valence-corrected chi connectivity index (χ1v) is 7.12. The maximum absolute atomic E-state index is 9.94. The molecule has 0 spiro atoms. The molecule has 2 aromatic rings. The monoisotopic (exact) mass is 289 g/mol. The molecule has 1 aromatic heterocycles. The molecular formula is C16H23N3O2. The predicted molar refractivity (Wildman–Crippen MR) is 82.3 cm³/mol. The average Bonchev–Trinajstić information content (AvgIpc) is 2.83. The van der Waals surface area contributed by atoms with Gasteiger partial charge in [-0.15, -0.1) is 0 Å². The van der Waals surface area contributed by atoms with Crippen molar-refractivity contribution < 1.29 is 9.84 Å². The Hall–Kier alpha value is -1.85. The van der Waals surface area contributed by atoms with Crippen LogP contribution in [-0.2, 0) is 13.6 Å². The summed E-state index contributed by atoms with van der Waals surface area (Å²) >= 11 is 0. The molecule has 5 nitrogen and oxygen atoms in total. The van der Waals surface area contributed by atoms with E-state index < -0.39 is 6.10 Å². The lowest BCUT2D eigenvalue weighted by atomic mass is 10.1. The molecule has 1 aromatic carbocycles. The number of ether oxygens (including phenoxy) is 1. The summed E-state index contributed by atoms with van der Waals surface area (Å²) in [6, 6.07) is 7.98. The van der Waals surface area contributed by atoms with Gasteiger partial charge in [0.1, 0.15) is 18.5 Å². The second-order valence-corrected chi connectivity index (χ2v) is 5.31. The van der Waals surface area contributed by atoms with Gasteiger partial charge in [-0.3, -0.25) is 4.68 Å². The molecule has 0 bridgehead atoms. The molecule has 2 N–H and O–H groups in total. The number of aromatic nitrogens is 2. The smallest absolute Gasteiger partial charge is 0.122 e. The van der Waals surface area contributed by atoms with Crippen LogP contribution in [0.5, 0.6) is 5.75 Å². The number of nitrogens with one attached hydrogen (secondary N) is 1. The minimum absolute atomic E-state index is 0.280. The van der Waals surface area contributed by atoms with Crippen molar-refractivity contribution in [2.75, 3.05) is 13.2 Å². The van der Waals surface area contributed by atoms with Crippen LogP contribution in [-0.4, -0.2) is 34.1 Å². The molecule has 5 heteroatoms. The first kappa shape index (κ1) is 15.5. The van der Waals surface area contributed by atoms with E-state index in [-0.39, 0.29) is 6.61 Å². The van der Waals surface area contributed by atoms with E-state index in [4.69, 9.17) is 4.74 Å². The first-order valence-electron chi connectivity index (χ1n) is 7.12. The topological polar surface area (TPSA) is 59.3 Å². The van der Waals surface area contributed by atoms with Gasteiger partial charge in [-0.1, -0.05) is 17.7 Å². The molecular weight excluding hydrogens is 266 g/mol. The number of rotatable bonds is 7. The highest BCUT2D eigenvalue weighted by Gasteiger charge is 2.07. The minimum atomic E-state index is -0.543. The maximum Gasteiger partial charge on any atom is 0.122 e. The number of aliphatic hydroxyl groups is 1. The van der Waals surface area contributed by atoms with E-state index in [1.807, 2.05) is 43.8 Å². The fourth-order valence-electron chi connectivity index (χ4n) is 2.15.